The predicted molar refractivity (Wildman–Crippen MR) is 129 cm³/mol. The zero-order chi connectivity index (χ0) is 23.6. The number of hydrogen-bond acceptors (Lipinski definition) is 6. The second-order valence-corrected chi connectivity index (χ2v) is 10.5. The van der Waals surface area contributed by atoms with Gasteiger partial charge in [0.1, 0.15) is 5.75 Å². The van der Waals surface area contributed by atoms with Crippen molar-refractivity contribution in [3.05, 3.63) is 63.8 Å². The van der Waals surface area contributed by atoms with E-state index in [1.165, 1.54) is 10.4 Å². The minimum Gasteiger partial charge on any atom is -0.497 e. The smallest absolute Gasteiger partial charge is 0.308 e. The van der Waals surface area contributed by atoms with E-state index in [1.807, 2.05) is 31.2 Å². The first-order valence-corrected chi connectivity index (χ1v) is 12.8. The van der Waals surface area contributed by atoms with E-state index in [2.05, 4.69) is 0 Å². The van der Waals surface area contributed by atoms with Gasteiger partial charge in [-0.3, -0.25) is 14.2 Å². The molecular weight excluding hydrogens is 462 g/mol. The van der Waals surface area contributed by atoms with Gasteiger partial charge in [0.25, 0.3) is 0 Å². The average molecular weight is 488 g/mol. The predicted octanol–water partition coefficient (Wildman–Crippen LogP) is 2.64. The lowest BCUT2D eigenvalue weighted by atomic mass is 10.2. The molecule has 1 fully saturated rings. The number of ether oxygens (including phenoxy) is 1. The Bertz CT molecular complexity index is 1350. The zero-order valence-corrected chi connectivity index (χ0v) is 20.1. The van der Waals surface area contributed by atoms with Gasteiger partial charge in [0.05, 0.1) is 22.2 Å². The topological polar surface area (TPSA) is 88.9 Å². The molecule has 0 N–H and O–H groups in total. The van der Waals surface area contributed by atoms with Crippen molar-refractivity contribution < 1.29 is 17.9 Å². The molecule has 0 saturated carbocycles. The fraction of sp³-hybridized carbons (Fsp3) is 0.304. The summed E-state index contributed by atoms with van der Waals surface area (Å²) in [5.74, 6) is 0.585. The molecule has 0 atom stereocenters. The van der Waals surface area contributed by atoms with E-state index in [0.717, 1.165) is 28.2 Å². The van der Waals surface area contributed by atoms with E-state index < -0.39 is 10.0 Å². The maximum atomic E-state index is 13.1. The molecule has 0 bridgehead atoms. The summed E-state index contributed by atoms with van der Waals surface area (Å²) in [6.07, 6.45) is 3.23. The Labute approximate surface area is 196 Å². The standard InChI is InChI=1S/C23H25N3O5S2/c1-3-26-20-10-9-19(16-21(20)32-23(26)28)33(29,30)25-14-12-24(13-15-25)22(27)11-6-17-4-7-18(31-2)8-5-17/h4-11,16H,3,12-15H2,1-2H3. The van der Waals surface area contributed by atoms with Gasteiger partial charge in [-0.05, 0) is 48.9 Å². The first kappa shape index (κ1) is 23.2. The van der Waals surface area contributed by atoms with Crippen molar-refractivity contribution >= 4 is 43.6 Å². The minimum absolute atomic E-state index is 0.100. The number of sulfonamides is 1. The van der Waals surface area contributed by atoms with Gasteiger partial charge < -0.3 is 9.64 Å². The van der Waals surface area contributed by atoms with Crippen molar-refractivity contribution in [2.24, 2.45) is 0 Å². The van der Waals surface area contributed by atoms with Gasteiger partial charge in [-0.2, -0.15) is 4.31 Å². The molecule has 4 rings (SSSR count). The highest BCUT2D eigenvalue weighted by molar-refractivity contribution is 7.89. The number of carbonyl (C=O) groups is 1. The van der Waals surface area contributed by atoms with Gasteiger partial charge in [-0.1, -0.05) is 23.5 Å². The van der Waals surface area contributed by atoms with Crippen LogP contribution in [0.2, 0.25) is 0 Å². The van der Waals surface area contributed by atoms with Crippen LogP contribution >= 0.6 is 11.3 Å². The number of fused-ring (bicyclic) bond motifs is 1. The van der Waals surface area contributed by atoms with Crippen molar-refractivity contribution in [1.29, 1.82) is 0 Å². The Kier molecular flexibility index (Phi) is 6.68. The molecule has 1 amide bonds. The molecule has 0 radical (unpaired) electrons. The van der Waals surface area contributed by atoms with Crippen LogP contribution in [-0.2, 0) is 21.4 Å². The molecule has 1 aliphatic heterocycles. The van der Waals surface area contributed by atoms with Crippen LogP contribution in [0.1, 0.15) is 12.5 Å². The lowest BCUT2D eigenvalue weighted by Crippen LogP contribution is -2.50. The number of amides is 1. The van der Waals surface area contributed by atoms with E-state index in [1.54, 1.807) is 40.9 Å². The molecule has 1 saturated heterocycles. The number of benzene rings is 2. The minimum atomic E-state index is -3.71. The van der Waals surface area contributed by atoms with Crippen molar-refractivity contribution in [1.82, 2.24) is 13.8 Å². The van der Waals surface area contributed by atoms with Crippen LogP contribution < -0.4 is 9.61 Å². The number of rotatable bonds is 6. The second kappa shape index (κ2) is 9.50. The summed E-state index contributed by atoms with van der Waals surface area (Å²) in [6, 6.07) is 12.2. The van der Waals surface area contributed by atoms with Crippen molar-refractivity contribution in [2.45, 2.75) is 18.4 Å². The first-order valence-electron chi connectivity index (χ1n) is 10.6. The zero-order valence-electron chi connectivity index (χ0n) is 18.4. The number of carbonyl (C=O) groups excluding carboxylic acids is 1. The highest BCUT2D eigenvalue weighted by Crippen LogP contribution is 2.25. The first-order chi connectivity index (χ1) is 15.8. The van der Waals surface area contributed by atoms with Crippen LogP contribution in [0.5, 0.6) is 5.75 Å². The number of nitrogens with zero attached hydrogens (tertiary/aromatic N) is 3. The van der Waals surface area contributed by atoms with Crippen molar-refractivity contribution in [3.63, 3.8) is 0 Å². The van der Waals surface area contributed by atoms with E-state index in [0.29, 0.717) is 24.3 Å². The summed E-state index contributed by atoms with van der Waals surface area (Å²) >= 11 is 1.05. The molecule has 3 aromatic rings. The molecule has 0 unspecified atom stereocenters. The Balaban J connectivity index is 1.42. The van der Waals surface area contributed by atoms with Crippen LogP contribution in [0.15, 0.2) is 58.2 Å². The van der Waals surface area contributed by atoms with Gasteiger partial charge in [0.2, 0.25) is 15.9 Å². The van der Waals surface area contributed by atoms with Gasteiger partial charge in [0, 0.05) is 38.8 Å². The number of aromatic nitrogens is 1. The third-order valence-corrected chi connectivity index (χ3v) is 8.51. The quantitative estimate of drug-likeness (QED) is 0.499. The van der Waals surface area contributed by atoms with Gasteiger partial charge >= 0.3 is 4.87 Å². The number of aryl methyl sites for hydroxylation is 1. The Hall–Kier alpha value is -2.95. The molecular formula is C23H25N3O5S2. The molecule has 174 valence electrons. The fourth-order valence-corrected chi connectivity index (χ4v) is 6.31. The second-order valence-electron chi connectivity index (χ2n) is 7.58. The molecule has 2 aromatic carbocycles. The van der Waals surface area contributed by atoms with Crippen LogP contribution in [0.3, 0.4) is 0 Å². The van der Waals surface area contributed by atoms with Gasteiger partial charge in [0.15, 0.2) is 0 Å². The lowest BCUT2D eigenvalue weighted by molar-refractivity contribution is -0.127. The van der Waals surface area contributed by atoms with E-state index in [9.17, 15) is 18.0 Å². The average Bonchev–Trinajstić information content (AvgIpc) is 3.16. The molecule has 10 heteroatoms. The summed E-state index contributed by atoms with van der Waals surface area (Å²) in [7, 11) is -2.12. The number of methoxy groups -OCH3 is 1. The molecule has 0 spiro atoms. The molecule has 8 nitrogen and oxygen atoms in total. The largest absolute Gasteiger partial charge is 0.497 e. The lowest BCUT2D eigenvalue weighted by Gasteiger charge is -2.33. The Morgan fingerprint density at radius 3 is 2.42 bits per heavy atom. The summed E-state index contributed by atoms with van der Waals surface area (Å²) < 4.78 is 35.1. The van der Waals surface area contributed by atoms with E-state index in [-0.39, 0.29) is 28.8 Å². The van der Waals surface area contributed by atoms with Gasteiger partial charge in [-0.25, -0.2) is 8.42 Å². The maximum absolute atomic E-state index is 13.1. The van der Waals surface area contributed by atoms with Crippen LogP contribution in [0, 0.1) is 0 Å². The summed E-state index contributed by atoms with van der Waals surface area (Å²) in [4.78, 5) is 26.3. The number of hydrogen-bond donors (Lipinski definition) is 0. The van der Waals surface area contributed by atoms with Gasteiger partial charge in [-0.15, -0.1) is 0 Å². The highest BCUT2D eigenvalue weighted by atomic mass is 32.2. The molecule has 33 heavy (non-hydrogen) atoms. The number of thiazole rings is 1. The maximum Gasteiger partial charge on any atom is 0.308 e. The third kappa shape index (κ3) is 4.73. The Morgan fingerprint density at radius 1 is 1.09 bits per heavy atom. The molecule has 1 aromatic heterocycles. The molecule has 1 aliphatic rings. The third-order valence-electron chi connectivity index (χ3n) is 5.68. The number of piperazine rings is 1. The summed E-state index contributed by atoms with van der Waals surface area (Å²) in [5.41, 5.74) is 1.62. The van der Waals surface area contributed by atoms with E-state index >= 15 is 0 Å². The monoisotopic (exact) mass is 487 g/mol. The fourth-order valence-electron chi connectivity index (χ4n) is 3.79. The molecule has 0 aliphatic carbocycles. The van der Waals surface area contributed by atoms with Crippen molar-refractivity contribution in [3.8, 4) is 5.75 Å². The van der Waals surface area contributed by atoms with Crippen LogP contribution in [0.4, 0.5) is 0 Å². The SMILES string of the molecule is CCn1c(=O)sc2cc(S(=O)(=O)N3CCN(C(=O)C=Cc4ccc(OC)cc4)CC3)ccc21. The van der Waals surface area contributed by atoms with E-state index in [4.69, 9.17) is 4.74 Å². The summed E-state index contributed by atoms with van der Waals surface area (Å²) in [5, 5.41) is 0. The Morgan fingerprint density at radius 2 is 1.79 bits per heavy atom. The normalized spacial score (nSPS) is 15.4. The van der Waals surface area contributed by atoms with Crippen LogP contribution in [0.25, 0.3) is 16.3 Å². The van der Waals surface area contributed by atoms with Crippen molar-refractivity contribution in [2.75, 3.05) is 33.3 Å². The summed E-state index contributed by atoms with van der Waals surface area (Å²) in [6.45, 7) is 3.47. The van der Waals surface area contributed by atoms with Crippen LogP contribution in [-0.4, -0.2) is 61.4 Å². The molecule has 2 heterocycles. The highest BCUT2D eigenvalue weighted by Gasteiger charge is 2.30.